The number of aromatic nitrogens is 3. The molecule has 2 aliphatic rings. The second-order valence-electron chi connectivity index (χ2n) is 6.23. The second-order valence-corrected chi connectivity index (χ2v) is 6.23. The Hall–Kier alpha value is -2.94. The van der Waals surface area contributed by atoms with Gasteiger partial charge in [-0.05, 0) is 18.1 Å². The van der Waals surface area contributed by atoms with Crippen molar-refractivity contribution in [3.63, 3.8) is 0 Å². The zero-order valence-corrected chi connectivity index (χ0v) is 13.6. The van der Waals surface area contributed by atoms with Gasteiger partial charge in [-0.1, -0.05) is 18.2 Å². The summed E-state index contributed by atoms with van der Waals surface area (Å²) in [6.07, 6.45) is 0.773. The highest BCUT2D eigenvalue weighted by Crippen LogP contribution is 2.41. The van der Waals surface area contributed by atoms with Gasteiger partial charge in [0.15, 0.2) is 0 Å². The summed E-state index contributed by atoms with van der Waals surface area (Å²) in [7, 11) is 0. The Balaban J connectivity index is 1.62. The average molecular weight is 341 g/mol. The lowest BCUT2D eigenvalue weighted by Gasteiger charge is -2.26. The first-order valence-corrected chi connectivity index (χ1v) is 8.11. The normalized spacial score (nSPS) is 22.6. The maximum atomic E-state index is 11.6. The molecule has 9 heteroatoms. The third kappa shape index (κ3) is 3.05. The first-order valence-electron chi connectivity index (χ1n) is 8.11. The van der Waals surface area contributed by atoms with Crippen molar-refractivity contribution in [1.29, 1.82) is 0 Å². The van der Waals surface area contributed by atoms with E-state index >= 15 is 0 Å². The summed E-state index contributed by atoms with van der Waals surface area (Å²) in [6, 6.07) is 8.06. The van der Waals surface area contributed by atoms with Crippen LogP contribution in [-0.4, -0.2) is 46.7 Å². The molecule has 3 heterocycles. The van der Waals surface area contributed by atoms with Crippen molar-refractivity contribution in [1.82, 2.24) is 20.3 Å². The largest absolute Gasteiger partial charge is 0.370 e. The molecule has 1 aromatic carbocycles. The molecule has 2 unspecified atom stereocenters. The first-order chi connectivity index (χ1) is 12.1. The Morgan fingerprint density at radius 1 is 1.20 bits per heavy atom. The van der Waals surface area contributed by atoms with Crippen molar-refractivity contribution in [2.24, 2.45) is 0 Å². The molecule has 9 nitrogen and oxygen atoms in total. The Kier molecular flexibility index (Phi) is 3.85. The molecule has 25 heavy (non-hydrogen) atoms. The zero-order valence-electron chi connectivity index (χ0n) is 13.6. The minimum absolute atomic E-state index is 0.00671. The number of amides is 1. The summed E-state index contributed by atoms with van der Waals surface area (Å²) >= 11 is 0. The molecule has 2 atom stereocenters. The van der Waals surface area contributed by atoms with E-state index < -0.39 is 0 Å². The summed E-state index contributed by atoms with van der Waals surface area (Å²) < 4.78 is 5.34. The van der Waals surface area contributed by atoms with E-state index in [1.54, 1.807) is 0 Å². The Labute approximate surface area is 144 Å². The van der Waals surface area contributed by atoms with E-state index in [4.69, 9.17) is 16.2 Å². The smallest absolute Gasteiger partial charge is 0.246 e. The third-order valence-electron chi connectivity index (χ3n) is 4.46. The van der Waals surface area contributed by atoms with Gasteiger partial charge in [-0.2, -0.15) is 15.0 Å². The number of nitrogen functional groups attached to an aromatic ring is 2. The van der Waals surface area contributed by atoms with Crippen LogP contribution in [0.15, 0.2) is 24.3 Å². The lowest BCUT2D eigenvalue weighted by molar-refractivity contribution is -0.131. The predicted molar refractivity (Wildman–Crippen MR) is 92.2 cm³/mol. The fourth-order valence-electron chi connectivity index (χ4n) is 3.48. The fourth-order valence-corrected chi connectivity index (χ4v) is 3.48. The number of rotatable bonds is 3. The van der Waals surface area contributed by atoms with E-state index in [0.29, 0.717) is 19.1 Å². The lowest BCUT2D eigenvalue weighted by Crippen LogP contribution is -2.46. The molecule has 4 rings (SSSR count). The molecule has 0 spiro atoms. The standard InChI is InChI=1S/C16H19N7O2/c17-14-20-15(18)22-16(21-14)23-6-9(11-3-1-2-4-12(11)23)5-10-7-25-8-13(24)19-10/h1-4,9-10H,5-8H2,(H,19,24)(H4,17,18,20,21,22). The van der Waals surface area contributed by atoms with E-state index in [2.05, 4.69) is 26.3 Å². The van der Waals surface area contributed by atoms with Crippen molar-refractivity contribution < 1.29 is 9.53 Å². The molecule has 0 aliphatic carbocycles. The van der Waals surface area contributed by atoms with Crippen molar-refractivity contribution in [2.45, 2.75) is 18.4 Å². The number of anilines is 4. The topological polar surface area (TPSA) is 132 Å². The number of morpholine rings is 1. The van der Waals surface area contributed by atoms with Crippen molar-refractivity contribution >= 4 is 29.4 Å². The summed E-state index contributed by atoms with van der Waals surface area (Å²) in [4.78, 5) is 25.8. The van der Waals surface area contributed by atoms with E-state index in [-0.39, 0.29) is 36.4 Å². The van der Waals surface area contributed by atoms with Crippen LogP contribution in [0.3, 0.4) is 0 Å². The van der Waals surface area contributed by atoms with E-state index in [9.17, 15) is 4.79 Å². The Morgan fingerprint density at radius 2 is 1.96 bits per heavy atom. The SMILES string of the molecule is Nc1nc(N)nc(N2CC(CC3COCC(=O)N3)c3ccccc32)n1. The molecule has 1 saturated heterocycles. The fraction of sp³-hybridized carbons (Fsp3) is 0.375. The number of carbonyl (C=O) groups is 1. The monoisotopic (exact) mass is 341 g/mol. The zero-order chi connectivity index (χ0) is 17.4. The van der Waals surface area contributed by atoms with Crippen LogP contribution in [0.2, 0.25) is 0 Å². The molecule has 0 radical (unpaired) electrons. The first kappa shape index (κ1) is 15.6. The number of nitrogens with one attached hydrogen (secondary N) is 1. The average Bonchev–Trinajstić information content (AvgIpc) is 2.93. The quantitative estimate of drug-likeness (QED) is 0.720. The molecule has 0 bridgehead atoms. The van der Waals surface area contributed by atoms with Crippen LogP contribution in [-0.2, 0) is 9.53 Å². The number of fused-ring (bicyclic) bond motifs is 1. The number of nitrogens with zero attached hydrogens (tertiary/aromatic N) is 4. The van der Waals surface area contributed by atoms with Gasteiger partial charge in [-0.25, -0.2) is 0 Å². The van der Waals surface area contributed by atoms with Gasteiger partial charge in [0.1, 0.15) is 6.61 Å². The summed E-state index contributed by atoms with van der Waals surface area (Å²) in [6.45, 7) is 1.33. The van der Waals surface area contributed by atoms with Crippen LogP contribution < -0.4 is 21.7 Å². The molecular formula is C16H19N7O2. The minimum atomic E-state index is -0.0718. The highest BCUT2D eigenvalue weighted by Gasteiger charge is 2.33. The number of hydrogen-bond donors (Lipinski definition) is 3. The third-order valence-corrected chi connectivity index (χ3v) is 4.46. The van der Waals surface area contributed by atoms with Gasteiger partial charge >= 0.3 is 0 Å². The van der Waals surface area contributed by atoms with Gasteiger partial charge in [0.05, 0.1) is 12.6 Å². The van der Waals surface area contributed by atoms with Gasteiger partial charge < -0.3 is 26.4 Å². The van der Waals surface area contributed by atoms with Gasteiger partial charge in [-0.15, -0.1) is 0 Å². The molecule has 1 aromatic heterocycles. The van der Waals surface area contributed by atoms with E-state index in [1.165, 1.54) is 5.56 Å². The van der Waals surface area contributed by atoms with Gasteiger partial charge in [0.2, 0.25) is 23.8 Å². The maximum Gasteiger partial charge on any atom is 0.246 e. The summed E-state index contributed by atoms with van der Waals surface area (Å²) in [5.74, 6) is 0.761. The van der Waals surface area contributed by atoms with Gasteiger partial charge in [0.25, 0.3) is 0 Å². The Morgan fingerprint density at radius 3 is 2.72 bits per heavy atom. The molecule has 2 aliphatic heterocycles. The van der Waals surface area contributed by atoms with Crippen LogP contribution in [0, 0.1) is 0 Å². The minimum Gasteiger partial charge on any atom is -0.370 e. The van der Waals surface area contributed by atoms with Crippen LogP contribution in [0.1, 0.15) is 17.9 Å². The number of hydrogen-bond acceptors (Lipinski definition) is 8. The summed E-state index contributed by atoms with van der Waals surface area (Å²) in [5.41, 5.74) is 13.6. The highest BCUT2D eigenvalue weighted by atomic mass is 16.5. The van der Waals surface area contributed by atoms with Crippen LogP contribution in [0.25, 0.3) is 0 Å². The summed E-state index contributed by atoms with van der Waals surface area (Å²) in [5, 5.41) is 2.98. The molecular weight excluding hydrogens is 322 g/mol. The van der Waals surface area contributed by atoms with Crippen molar-refractivity contribution in [2.75, 3.05) is 36.1 Å². The van der Waals surface area contributed by atoms with Gasteiger partial charge in [-0.3, -0.25) is 4.79 Å². The van der Waals surface area contributed by atoms with E-state index in [0.717, 1.165) is 12.1 Å². The van der Waals surface area contributed by atoms with Crippen LogP contribution in [0.5, 0.6) is 0 Å². The number of carbonyl (C=O) groups excluding carboxylic acids is 1. The number of para-hydroxylation sites is 1. The highest BCUT2D eigenvalue weighted by molar-refractivity contribution is 5.78. The molecule has 1 fully saturated rings. The molecule has 130 valence electrons. The van der Waals surface area contributed by atoms with Crippen molar-refractivity contribution in [3.8, 4) is 0 Å². The molecule has 5 N–H and O–H groups in total. The van der Waals surface area contributed by atoms with Crippen LogP contribution >= 0.6 is 0 Å². The molecule has 2 aromatic rings. The molecule has 1 amide bonds. The number of nitrogens with two attached hydrogens (primary N) is 2. The number of benzene rings is 1. The van der Waals surface area contributed by atoms with Crippen molar-refractivity contribution in [3.05, 3.63) is 29.8 Å². The number of ether oxygens (including phenoxy) is 1. The lowest BCUT2D eigenvalue weighted by atomic mass is 9.94. The predicted octanol–water partition coefficient (Wildman–Crippen LogP) is 0.176. The second kappa shape index (κ2) is 6.17. The molecule has 0 saturated carbocycles. The Bertz CT molecular complexity index is 793. The van der Waals surface area contributed by atoms with E-state index in [1.807, 2.05) is 23.1 Å². The van der Waals surface area contributed by atoms with Gasteiger partial charge in [0, 0.05) is 18.2 Å². The van der Waals surface area contributed by atoms with Crippen LogP contribution in [0.4, 0.5) is 23.5 Å². The maximum absolute atomic E-state index is 11.6.